The number of anilines is 1. The van der Waals surface area contributed by atoms with Gasteiger partial charge in [0.1, 0.15) is 0 Å². The quantitative estimate of drug-likeness (QED) is 0.770. The highest BCUT2D eigenvalue weighted by Gasteiger charge is 2.07. The Morgan fingerprint density at radius 3 is 2.90 bits per heavy atom. The van der Waals surface area contributed by atoms with Crippen molar-refractivity contribution in [3.8, 4) is 11.6 Å². The molecule has 0 aliphatic heterocycles. The zero-order valence-corrected chi connectivity index (χ0v) is 11.2. The second kappa shape index (κ2) is 5.56. The maximum Gasteiger partial charge on any atom is 0.240 e. The van der Waals surface area contributed by atoms with Gasteiger partial charge in [0.25, 0.3) is 0 Å². The first-order valence-electron chi connectivity index (χ1n) is 6.44. The molecule has 0 aliphatic rings. The first-order chi connectivity index (χ1) is 9.83. The lowest BCUT2D eigenvalue weighted by molar-refractivity contribution is 0.537. The van der Waals surface area contributed by atoms with E-state index in [0.29, 0.717) is 18.1 Å². The third-order valence-corrected chi connectivity index (χ3v) is 2.97. The Morgan fingerprint density at radius 2 is 2.10 bits per heavy atom. The van der Waals surface area contributed by atoms with Gasteiger partial charge in [-0.3, -0.25) is 0 Å². The fraction of sp³-hybridized carbons (Fsp3) is 0.214. The number of furan rings is 1. The van der Waals surface area contributed by atoms with Crippen molar-refractivity contribution in [2.75, 3.05) is 11.9 Å². The van der Waals surface area contributed by atoms with Crippen molar-refractivity contribution in [2.24, 2.45) is 0 Å². The lowest BCUT2D eigenvalue weighted by atomic mass is 10.2. The lowest BCUT2D eigenvalue weighted by Gasteiger charge is -2.08. The van der Waals surface area contributed by atoms with Crippen LogP contribution in [0.1, 0.15) is 5.56 Å². The van der Waals surface area contributed by atoms with Gasteiger partial charge in [0.05, 0.1) is 12.8 Å². The van der Waals surface area contributed by atoms with E-state index in [-0.39, 0.29) is 0 Å². The molecule has 0 spiro atoms. The van der Waals surface area contributed by atoms with Crippen LogP contribution < -0.4 is 5.32 Å². The van der Waals surface area contributed by atoms with Gasteiger partial charge in [0.15, 0.2) is 5.76 Å². The maximum absolute atomic E-state index is 5.23. The Balaban J connectivity index is 1.58. The van der Waals surface area contributed by atoms with E-state index in [1.54, 1.807) is 17.1 Å². The van der Waals surface area contributed by atoms with Crippen molar-refractivity contribution in [3.63, 3.8) is 0 Å². The van der Waals surface area contributed by atoms with Gasteiger partial charge in [-0.2, -0.15) is 4.80 Å². The summed E-state index contributed by atoms with van der Waals surface area (Å²) in [6.07, 6.45) is 1.59. The Hall–Kier alpha value is -2.63. The van der Waals surface area contributed by atoms with Gasteiger partial charge in [-0.1, -0.05) is 18.2 Å². The predicted octanol–water partition coefficient (Wildman–Crippen LogP) is 2.35. The summed E-state index contributed by atoms with van der Waals surface area (Å²) < 4.78 is 5.23. The monoisotopic (exact) mass is 269 g/mol. The molecule has 20 heavy (non-hydrogen) atoms. The lowest BCUT2D eigenvalue weighted by Crippen LogP contribution is -2.13. The summed E-state index contributed by atoms with van der Waals surface area (Å²) in [7, 11) is 0. The second-order valence-electron chi connectivity index (χ2n) is 4.43. The van der Waals surface area contributed by atoms with E-state index >= 15 is 0 Å². The van der Waals surface area contributed by atoms with Crippen molar-refractivity contribution < 1.29 is 4.42 Å². The molecule has 0 atom stereocenters. The van der Waals surface area contributed by atoms with Crippen LogP contribution in [0, 0.1) is 6.92 Å². The molecular formula is C14H15N5O. The zero-order chi connectivity index (χ0) is 13.8. The minimum Gasteiger partial charge on any atom is -0.461 e. The third kappa shape index (κ3) is 2.69. The molecule has 0 amide bonds. The molecule has 102 valence electrons. The summed E-state index contributed by atoms with van der Waals surface area (Å²) in [5, 5.41) is 15.6. The van der Waals surface area contributed by atoms with Crippen molar-refractivity contribution >= 4 is 5.69 Å². The molecule has 0 fully saturated rings. The molecule has 0 saturated heterocycles. The standard InChI is InChI=1S/C14H15N5O/c1-11-5-2-3-6-12(11)15-8-9-19-17-14(16-18-19)13-7-4-10-20-13/h2-7,10,15H,8-9H2,1H3. The molecule has 0 radical (unpaired) electrons. The van der Waals surface area contributed by atoms with E-state index in [1.165, 1.54) is 5.56 Å². The third-order valence-electron chi connectivity index (χ3n) is 2.97. The smallest absolute Gasteiger partial charge is 0.240 e. The molecule has 0 unspecified atom stereocenters. The summed E-state index contributed by atoms with van der Waals surface area (Å²) in [4.78, 5) is 1.56. The number of aryl methyl sites for hydroxylation is 1. The molecule has 2 aromatic heterocycles. The molecule has 3 rings (SSSR count). The van der Waals surface area contributed by atoms with E-state index in [1.807, 2.05) is 18.2 Å². The highest BCUT2D eigenvalue weighted by Crippen LogP contribution is 2.14. The number of nitrogens with zero attached hydrogens (tertiary/aromatic N) is 4. The Bertz CT molecular complexity index is 674. The minimum atomic E-state index is 0.505. The number of rotatable bonds is 5. The molecule has 0 aliphatic carbocycles. The summed E-state index contributed by atoms with van der Waals surface area (Å²) in [5.41, 5.74) is 2.34. The van der Waals surface area contributed by atoms with Crippen LogP contribution in [0.2, 0.25) is 0 Å². The molecule has 3 aromatic rings. The molecule has 6 nitrogen and oxygen atoms in total. The molecule has 1 aromatic carbocycles. The molecular weight excluding hydrogens is 254 g/mol. The number of benzene rings is 1. The van der Waals surface area contributed by atoms with E-state index in [9.17, 15) is 0 Å². The molecule has 0 bridgehead atoms. The van der Waals surface area contributed by atoms with Crippen LogP contribution in [0.25, 0.3) is 11.6 Å². The first-order valence-corrected chi connectivity index (χ1v) is 6.44. The van der Waals surface area contributed by atoms with Crippen molar-refractivity contribution in [3.05, 3.63) is 48.2 Å². The molecule has 0 saturated carbocycles. The topological polar surface area (TPSA) is 68.8 Å². The fourth-order valence-electron chi connectivity index (χ4n) is 1.90. The first kappa shape index (κ1) is 12.4. The number of nitrogens with one attached hydrogen (secondary N) is 1. The van der Waals surface area contributed by atoms with Crippen LogP contribution in [-0.2, 0) is 6.54 Å². The van der Waals surface area contributed by atoms with Crippen LogP contribution in [0.4, 0.5) is 5.69 Å². The van der Waals surface area contributed by atoms with E-state index in [0.717, 1.165) is 12.2 Å². The largest absolute Gasteiger partial charge is 0.461 e. The Morgan fingerprint density at radius 1 is 1.20 bits per heavy atom. The molecule has 1 N–H and O–H groups in total. The summed E-state index contributed by atoms with van der Waals surface area (Å²) in [5.74, 6) is 1.13. The van der Waals surface area contributed by atoms with E-state index in [2.05, 4.69) is 39.8 Å². The Kier molecular flexibility index (Phi) is 3.45. The van der Waals surface area contributed by atoms with Gasteiger partial charge in [-0.05, 0) is 35.9 Å². The van der Waals surface area contributed by atoms with Crippen LogP contribution in [0.5, 0.6) is 0 Å². The fourth-order valence-corrected chi connectivity index (χ4v) is 1.90. The average molecular weight is 269 g/mol. The number of hydrogen-bond donors (Lipinski definition) is 1. The average Bonchev–Trinajstić information content (AvgIpc) is 3.11. The zero-order valence-electron chi connectivity index (χ0n) is 11.2. The van der Waals surface area contributed by atoms with Crippen LogP contribution in [0.15, 0.2) is 47.1 Å². The highest BCUT2D eigenvalue weighted by molar-refractivity contribution is 5.50. The maximum atomic E-state index is 5.23. The predicted molar refractivity (Wildman–Crippen MR) is 75.2 cm³/mol. The van der Waals surface area contributed by atoms with E-state index in [4.69, 9.17) is 4.42 Å². The highest BCUT2D eigenvalue weighted by atomic mass is 16.3. The van der Waals surface area contributed by atoms with Crippen LogP contribution in [0.3, 0.4) is 0 Å². The van der Waals surface area contributed by atoms with Gasteiger partial charge >= 0.3 is 0 Å². The summed E-state index contributed by atoms with van der Waals surface area (Å²) in [6.45, 7) is 3.45. The normalized spacial score (nSPS) is 10.7. The molecule has 2 heterocycles. The van der Waals surface area contributed by atoms with Gasteiger partial charge < -0.3 is 9.73 Å². The van der Waals surface area contributed by atoms with Crippen LogP contribution in [-0.4, -0.2) is 26.8 Å². The SMILES string of the molecule is Cc1ccccc1NCCn1nnc(-c2ccco2)n1. The van der Waals surface area contributed by atoms with Crippen molar-refractivity contribution in [1.82, 2.24) is 20.2 Å². The number of para-hydroxylation sites is 1. The minimum absolute atomic E-state index is 0.505. The summed E-state index contributed by atoms with van der Waals surface area (Å²) >= 11 is 0. The molecule has 6 heteroatoms. The summed E-state index contributed by atoms with van der Waals surface area (Å²) in [6, 6.07) is 11.8. The number of hydrogen-bond acceptors (Lipinski definition) is 5. The number of aromatic nitrogens is 4. The van der Waals surface area contributed by atoms with Gasteiger partial charge in [0, 0.05) is 12.2 Å². The van der Waals surface area contributed by atoms with Crippen LogP contribution >= 0.6 is 0 Å². The number of tetrazole rings is 1. The van der Waals surface area contributed by atoms with E-state index < -0.39 is 0 Å². The van der Waals surface area contributed by atoms with Gasteiger partial charge in [-0.25, -0.2) is 0 Å². The Labute approximate surface area is 116 Å². The van der Waals surface area contributed by atoms with Gasteiger partial charge in [-0.15, -0.1) is 10.2 Å². The second-order valence-corrected chi connectivity index (χ2v) is 4.43. The van der Waals surface area contributed by atoms with Gasteiger partial charge in [0.2, 0.25) is 5.82 Å². The van der Waals surface area contributed by atoms with Crippen molar-refractivity contribution in [1.29, 1.82) is 0 Å². The van der Waals surface area contributed by atoms with Crippen molar-refractivity contribution in [2.45, 2.75) is 13.5 Å².